The van der Waals surface area contributed by atoms with E-state index in [0.717, 1.165) is 10.6 Å². The van der Waals surface area contributed by atoms with Crippen molar-refractivity contribution in [1.29, 1.82) is 0 Å². The summed E-state index contributed by atoms with van der Waals surface area (Å²) in [5.74, 6) is 0. The minimum absolute atomic E-state index is 0.524. The number of benzene rings is 7. The van der Waals surface area contributed by atoms with Gasteiger partial charge in [-0.1, -0.05) is 151 Å². The summed E-state index contributed by atoms with van der Waals surface area (Å²) in [7, 11) is 0. The van der Waals surface area contributed by atoms with Crippen LogP contribution in [0, 0.1) is 0 Å². The van der Waals surface area contributed by atoms with E-state index in [4.69, 9.17) is 11.6 Å². The normalized spacial score (nSPS) is 15.4. The van der Waals surface area contributed by atoms with Crippen molar-refractivity contribution >= 4 is 22.4 Å². The fourth-order valence-electron chi connectivity index (χ4n) is 6.98. The molecule has 0 saturated carbocycles. The summed E-state index contributed by atoms with van der Waals surface area (Å²) < 4.78 is 0. The SMILES string of the molecule is Clc1cccc(-c2ccccc2C2(c3ccc(-c4ccccc4)cc3)c3ccccc3-c3cc4ccccc4cc32)c1. The lowest BCUT2D eigenvalue weighted by Crippen LogP contribution is -2.29. The molecule has 1 heteroatoms. The van der Waals surface area contributed by atoms with Gasteiger partial charge in [-0.15, -0.1) is 0 Å². The molecule has 7 aromatic carbocycles. The van der Waals surface area contributed by atoms with Crippen molar-refractivity contribution in [3.8, 4) is 33.4 Å². The van der Waals surface area contributed by atoms with E-state index in [2.05, 4.69) is 152 Å². The maximum absolute atomic E-state index is 6.56. The molecule has 1 atom stereocenters. The first-order valence-electron chi connectivity index (χ1n) is 14.4. The highest BCUT2D eigenvalue weighted by molar-refractivity contribution is 6.30. The topological polar surface area (TPSA) is 0 Å². The van der Waals surface area contributed by atoms with Gasteiger partial charge in [0, 0.05) is 5.02 Å². The predicted molar refractivity (Wildman–Crippen MR) is 177 cm³/mol. The van der Waals surface area contributed by atoms with Gasteiger partial charge in [0.15, 0.2) is 0 Å². The van der Waals surface area contributed by atoms with Crippen LogP contribution in [0.25, 0.3) is 44.2 Å². The van der Waals surface area contributed by atoms with E-state index in [-0.39, 0.29) is 0 Å². The smallest absolute Gasteiger partial charge is 0.0719 e. The van der Waals surface area contributed by atoms with Gasteiger partial charge in [-0.05, 0) is 90.7 Å². The molecule has 1 aliphatic carbocycles. The molecule has 198 valence electrons. The van der Waals surface area contributed by atoms with E-state index in [9.17, 15) is 0 Å². The van der Waals surface area contributed by atoms with E-state index >= 15 is 0 Å². The van der Waals surface area contributed by atoms with Gasteiger partial charge in [0.2, 0.25) is 0 Å². The third kappa shape index (κ3) is 3.76. The zero-order valence-electron chi connectivity index (χ0n) is 23.0. The molecule has 0 aromatic heterocycles. The Morgan fingerprint density at radius 3 is 1.67 bits per heavy atom. The summed E-state index contributed by atoms with van der Waals surface area (Å²) in [6.45, 7) is 0. The van der Waals surface area contributed by atoms with Crippen LogP contribution in [0.2, 0.25) is 5.02 Å². The van der Waals surface area contributed by atoms with Crippen LogP contribution in [-0.4, -0.2) is 0 Å². The van der Waals surface area contributed by atoms with Gasteiger partial charge in [0.1, 0.15) is 0 Å². The zero-order valence-corrected chi connectivity index (χ0v) is 23.7. The van der Waals surface area contributed by atoms with Gasteiger partial charge in [-0.25, -0.2) is 0 Å². The van der Waals surface area contributed by atoms with Crippen LogP contribution >= 0.6 is 11.6 Å². The second-order valence-corrected chi connectivity index (χ2v) is 11.5. The highest BCUT2D eigenvalue weighted by atomic mass is 35.5. The van der Waals surface area contributed by atoms with Crippen molar-refractivity contribution < 1.29 is 0 Å². The van der Waals surface area contributed by atoms with Crippen LogP contribution in [0.4, 0.5) is 0 Å². The molecule has 0 spiro atoms. The highest BCUT2D eigenvalue weighted by Gasteiger charge is 2.47. The molecule has 1 aliphatic rings. The molecular formula is C41H27Cl. The molecule has 8 rings (SSSR count). The van der Waals surface area contributed by atoms with E-state index in [1.54, 1.807) is 0 Å². The molecule has 0 heterocycles. The predicted octanol–water partition coefficient (Wildman–Crippen LogP) is 11.2. The lowest BCUT2D eigenvalue weighted by Gasteiger charge is -2.36. The van der Waals surface area contributed by atoms with Gasteiger partial charge in [0.25, 0.3) is 0 Å². The van der Waals surface area contributed by atoms with Crippen LogP contribution in [0.5, 0.6) is 0 Å². The molecule has 0 aliphatic heterocycles. The first-order chi connectivity index (χ1) is 20.7. The molecule has 0 bridgehead atoms. The van der Waals surface area contributed by atoms with Crippen molar-refractivity contribution in [3.05, 3.63) is 191 Å². The zero-order chi connectivity index (χ0) is 28.1. The van der Waals surface area contributed by atoms with Crippen LogP contribution < -0.4 is 0 Å². The Morgan fingerprint density at radius 1 is 0.357 bits per heavy atom. The number of fused-ring (bicyclic) bond motifs is 4. The fraction of sp³-hybridized carbons (Fsp3) is 0.0244. The first-order valence-corrected chi connectivity index (χ1v) is 14.8. The summed E-state index contributed by atoms with van der Waals surface area (Å²) in [6.07, 6.45) is 0. The van der Waals surface area contributed by atoms with Gasteiger partial charge >= 0.3 is 0 Å². The Bertz CT molecular complexity index is 2090. The molecule has 42 heavy (non-hydrogen) atoms. The number of rotatable bonds is 4. The van der Waals surface area contributed by atoms with Crippen LogP contribution in [-0.2, 0) is 5.41 Å². The quantitative estimate of drug-likeness (QED) is 0.203. The summed E-state index contributed by atoms with van der Waals surface area (Å²) in [5.41, 5.74) is 11.9. The highest BCUT2D eigenvalue weighted by Crippen LogP contribution is 2.58. The van der Waals surface area contributed by atoms with E-state index in [1.165, 1.54) is 60.8 Å². The largest absolute Gasteiger partial charge is 0.0843 e. The summed E-state index contributed by atoms with van der Waals surface area (Å²) in [5, 5.41) is 3.24. The van der Waals surface area contributed by atoms with E-state index in [1.807, 2.05) is 12.1 Å². The van der Waals surface area contributed by atoms with Gasteiger partial charge in [-0.2, -0.15) is 0 Å². The minimum Gasteiger partial charge on any atom is -0.0843 e. The van der Waals surface area contributed by atoms with Crippen molar-refractivity contribution in [2.24, 2.45) is 0 Å². The third-order valence-electron chi connectivity index (χ3n) is 8.80. The van der Waals surface area contributed by atoms with Crippen molar-refractivity contribution in [2.75, 3.05) is 0 Å². The van der Waals surface area contributed by atoms with E-state index in [0.29, 0.717) is 0 Å². The molecule has 0 nitrogen and oxygen atoms in total. The molecular weight excluding hydrogens is 528 g/mol. The minimum atomic E-state index is -0.524. The monoisotopic (exact) mass is 554 g/mol. The van der Waals surface area contributed by atoms with Crippen LogP contribution in [0.15, 0.2) is 164 Å². The van der Waals surface area contributed by atoms with Gasteiger partial charge in [-0.3, -0.25) is 0 Å². The van der Waals surface area contributed by atoms with E-state index < -0.39 is 5.41 Å². The average molecular weight is 555 g/mol. The third-order valence-corrected chi connectivity index (χ3v) is 9.04. The Kier molecular flexibility index (Phi) is 5.84. The standard InChI is InChI=1S/C41H27Cl/c42-34-16-10-15-32(25-34)35-17-6-8-19-38(35)41(33-23-21-29(22-24-33)28-11-2-1-3-12-28)39-20-9-7-18-36(39)37-26-30-13-4-5-14-31(30)27-40(37)41/h1-27H. The van der Waals surface area contributed by atoms with Crippen molar-refractivity contribution in [3.63, 3.8) is 0 Å². The average Bonchev–Trinajstić information content (AvgIpc) is 3.34. The molecule has 0 amide bonds. The summed E-state index contributed by atoms with van der Waals surface area (Å²) >= 11 is 6.56. The fourth-order valence-corrected chi connectivity index (χ4v) is 7.17. The molecule has 1 unspecified atom stereocenters. The Morgan fingerprint density at radius 2 is 0.929 bits per heavy atom. The second kappa shape index (κ2) is 9.87. The summed E-state index contributed by atoms with van der Waals surface area (Å²) in [4.78, 5) is 0. The summed E-state index contributed by atoms with van der Waals surface area (Å²) in [6, 6.07) is 59.3. The second-order valence-electron chi connectivity index (χ2n) is 11.0. The molecule has 7 aromatic rings. The Hall–Kier alpha value is -4.91. The Balaban J connectivity index is 1.49. The molecule has 0 radical (unpaired) electrons. The van der Waals surface area contributed by atoms with Crippen LogP contribution in [0.1, 0.15) is 22.3 Å². The lowest BCUT2D eigenvalue weighted by atomic mass is 9.65. The molecule has 0 N–H and O–H groups in total. The van der Waals surface area contributed by atoms with Gasteiger partial charge < -0.3 is 0 Å². The maximum atomic E-state index is 6.56. The van der Waals surface area contributed by atoms with Crippen molar-refractivity contribution in [2.45, 2.75) is 5.41 Å². The molecule has 0 saturated heterocycles. The maximum Gasteiger partial charge on any atom is 0.0719 e. The van der Waals surface area contributed by atoms with Crippen molar-refractivity contribution in [1.82, 2.24) is 0 Å². The number of hydrogen-bond donors (Lipinski definition) is 0. The number of hydrogen-bond acceptors (Lipinski definition) is 0. The lowest BCUT2D eigenvalue weighted by molar-refractivity contribution is 0.772. The van der Waals surface area contributed by atoms with Crippen LogP contribution in [0.3, 0.4) is 0 Å². The Labute approximate surface area is 251 Å². The molecule has 0 fully saturated rings. The number of halogens is 1. The van der Waals surface area contributed by atoms with Gasteiger partial charge in [0.05, 0.1) is 5.41 Å². The first kappa shape index (κ1) is 24.9.